The summed E-state index contributed by atoms with van der Waals surface area (Å²) in [5, 5.41) is 2.55. The van der Waals surface area contributed by atoms with E-state index in [4.69, 9.17) is 15.2 Å². The molecule has 2 aliphatic rings. The van der Waals surface area contributed by atoms with Gasteiger partial charge in [0.2, 0.25) is 5.82 Å². The molecule has 156 valence electrons. The van der Waals surface area contributed by atoms with Gasteiger partial charge < -0.3 is 25.0 Å². The third-order valence-corrected chi connectivity index (χ3v) is 5.98. The van der Waals surface area contributed by atoms with E-state index in [-0.39, 0.29) is 24.2 Å². The zero-order valence-corrected chi connectivity index (χ0v) is 16.6. The van der Waals surface area contributed by atoms with Crippen molar-refractivity contribution in [2.24, 2.45) is 11.7 Å². The van der Waals surface area contributed by atoms with Gasteiger partial charge in [-0.3, -0.25) is 4.79 Å². The van der Waals surface area contributed by atoms with E-state index in [2.05, 4.69) is 9.88 Å². The van der Waals surface area contributed by atoms with Crippen molar-refractivity contribution in [3.05, 3.63) is 29.1 Å². The molecule has 7 nitrogen and oxygen atoms in total. The molecule has 2 N–H and O–H groups in total. The molecular formula is C19H22F2N4O3S. The SMILES string of the molecule is NCC1CN(C(=O)COc2c(-c3csc(N4CCOCC4)n3)ccc(F)c2F)C1. The summed E-state index contributed by atoms with van der Waals surface area (Å²) in [7, 11) is 0. The highest BCUT2D eigenvalue weighted by molar-refractivity contribution is 7.14. The smallest absolute Gasteiger partial charge is 0.260 e. The predicted molar refractivity (Wildman–Crippen MR) is 105 cm³/mol. The number of nitrogens with zero attached hydrogens (tertiary/aromatic N) is 3. The standard InChI is InChI=1S/C19H22F2N4O3S/c20-14-2-1-13(15-11-29-19(23-15)24-3-5-27-6-4-24)18(17(14)21)28-10-16(26)25-8-12(7-22)9-25/h1-2,11-12H,3-10,22H2. The summed E-state index contributed by atoms with van der Waals surface area (Å²) in [6, 6.07) is 2.46. The Bertz CT molecular complexity index is 882. The van der Waals surface area contributed by atoms with E-state index >= 15 is 0 Å². The van der Waals surface area contributed by atoms with Crippen LogP contribution in [0.25, 0.3) is 11.3 Å². The van der Waals surface area contributed by atoms with Gasteiger partial charge in [0.1, 0.15) is 0 Å². The van der Waals surface area contributed by atoms with E-state index in [9.17, 15) is 13.6 Å². The van der Waals surface area contributed by atoms with Crippen LogP contribution < -0.4 is 15.4 Å². The van der Waals surface area contributed by atoms with E-state index in [0.717, 1.165) is 24.3 Å². The highest BCUT2D eigenvalue weighted by Gasteiger charge is 2.30. The molecule has 2 saturated heterocycles. The molecule has 1 aromatic carbocycles. The topological polar surface area (TPSA) is 80.9 Å². The Morgan fingerprint density at radius 2 is 2.07 bits per heavy atom. The van der Waals surface area contributed by atoms with Crippen LogP contribution in [0.2, 0.25) is 0 Å². The van der Waals surface area contributed by atoms with Gasteiger partial charge in [-0.1, -0.05) is 0 Å². The number of rotatable bonds is 6. The van der Waals surface area contributed by atoms with Gasteiger partial charge in [-0.2, -0.15) is 4.39 Å². The lowest BCUT2D eigenvalue weighted by Crippen LogP contribution is -2.53. The second kappa shape index (κ2) is 8.60. The molecule has 0 radical (unpaired) electrons. The lowest BCUT2D eigenvalue weighted by molar-refractivity contribution is -0.139. The largest absolute Gasteiger partial charge is 0.480 e. The number of ether oxygens (including phenoxy) is 2. The van der Waals surface area contributed by atoms with Gasteiger partial charge in [0.05, 0.1) is 18.9 Å². The van der Waals surface area contributed by atoms with Crippen LogP contribution >= 0.6 is 11.3 Å². The van der Waals surface area contributed by atoms with Crippen LogP contribution in [0.1, 0.15) is 0 Å². The first-order chi connectivity index (χ1) is 14.1. The van der Waals surface area contributed by atoms with E-state index in [1.807, 2.05) is 0 Å². The Morgan fingerprint density at radius 3 is 2.79 bits per heavy atom. The number of anilines is 1. The number of hydrogen-bond donors (Lipinski definition) is 1. The summed E-state index contributed by atoms with van der Waals surface area (Å²) >= 11 is 1.41. The first-order valence-corrected chi connectivity index (χ1v) is 10.3. The highest BCUT2D eigenvalue weighted by Crippen LogP contribution is 2.36. The molecule has 2 aliphatic heterocycles. The molecule has 3 heterocycles. The fourth-order valence-corrected chi connectivity index (χ4v) is 4.19. The fraction of sp³-hybridized carbons (Fsp3) is 0.474. The second-order valence-electron chi connectivity index (χ2n) is 7.04. The molecule has 0 unspecified atom stereocenters. The van der Waals surface area contributed by atoms with Gasteiger partial charge in [-0.05, 0) is 18.7 Å². The van der Waals surface area contributed by atoms with Gasteiger partial charge in [-0.25, -0.2) is 9.37 Å². The number of amides is 1. The van der Waals surface area contributed by atoms with Gasteiger partial charge in [0.15, 0.2) is 23.3 Å². The zero-order chi connectivity index (χ0) is 20.4. The molecule has 2 fully saturated rings. The molecule has 29 heavy (non-hydrogen) atoms. The number of likely N-dealkylation sites (tertiary alicyclic amines) is 1. The third-order valence-electron chi connectivity index (χ3n) is 5.08. The first kappa shape index (κ1) is 20.0. The summed E-state index contributed by atoms with van der Waals surface area (Å²) in [6.45, 7) is 3.96. The number of aromatic nitrogens is 1. The summed E-state index contributed by atoms with van der Waals surface area (Å²) in [6.07, 6.45) is 0. The number of morpholine rings is 1. The van der Waals surface area contributed by atoms with Crippen molar-refractivity contribution >= 4 is 22.4 Å². The Kier molecular flexibility index (Phi) is 5.93. The van der Waals surface area contributed by atoms with E-state index in [0.29, 0.717) is 44.1 Å². The van der Waals surface area contributed by atoms with Crippen molar-refractivity contribution in [2.45, 2.75) is 0 Å². The Labute approximate surface area is 171 Å². The van der Waals surface area contributed by atoms with Crippen LogP contribution in [-0.2, 0) is 9.53 Å². The van der Waals surface area contributed by atoms with Crippen LogP contribution in [0.4, 0.5) is 13.9 Å². The average Bonchev–Trinajstić information content (AvgIpc) is 3.19. The molecule has 1 aromatic heterocycles. The number of carbonyl (C=O) groups is 1. The van der Waals surface area contributed by atoms with Crippen molar-refractivity contribution in [2.75, 3.05) is 57.4 Å². The monoisotopic (exact) mass is 424 g/mol. The fourth-order valence-electron chi connectivity index (χ4n) is 3.31. The summed E-state index contributed by atoms with van der Waals surface area (Å²) in [4.78, 5) is 20.5. The van der Waals surface area contributed by atoms with Gasteiger partial charge in [-0.15, -0.1) is 11.3 Å². The summed E-state index contributed by atoms with van der Waals surface area (Å²) in [5.74, 6) is -2.45. The number of carbonyl (C=O) groups excluding carboxylic acids is 1. The Hall–Kier alpha value is -2.30. The summed E-state index contributed by atoms with van der Waals surface area (Å²) in [5.41, 5.74) is 6.35. The summed E-state index contributed by atoms with van der Waals surface area (Å²) < 4.78 is 39.1. The van der Waals surface area contributed by atoms with E-state index < -0.39 is 11.6 Å². The van der Waals surface area contributed by atoms with Crippen molar-refractivity contribution in [1.82, 2.24) is 9.88 Å². The minimum absolute atomic E-state index is 0.281. The Balaban J connectivity index is 1.51. The molecule has 0 spiro atoms. The minimum Gasteiger partial charge on any atom is -0.480 e. The number of halogens is 2. The highest BCUT2D eigenvalue weighted by atomic mass is 32.1. The van der Waals surface area contributed by atoms with Crippen LogP contribution in [-0.4, -0.2) is 68.3 Å². The molecule has 10 heteroatoms. The molecule has 0 atom stereocenters. The molecule has 1 amide bonds. The Morgan fingerprint density at radius 1 is 1.31 bits per heavy atom. The lowest BCUT2D eigenvalue weighted by Gasteiger charge is -2.38. The van der Waals surface area contributed by atoms with Crippen LogP contribution in [0.3, 0.4) is 0 Å². The molecule has 0 bridgehead atoms. The quantitative estimate of drug-likeness (QED) is 0.761. The maximum atomic E-state index is 14.5. The first-order valence-electron chi connectivity index (χ1n) is 9.44. The average molecular weight is 424 g/mol. The maximum absolute atomic E-state index is 14.5. The number of thiazole rings is 1. The molecule has 0 saturated carbocycles. The number of hydrogen-bond acceptors (Lipinski definition) is 7. The predicted octanol–water partition coefficient (Wildman–Crippen LogP) is 1.72. The second-order valence-corrected chi connectivity index (χ2v) is 7.88. The van der Waals surface area contributed by atoms with Gasteiger partial charge in [0, 0.05) is 43.0 Å². The van der Waals surface area contributed by atoms with Crippen molar-refractivity contribution in [3.8, 4) is 17.0 Å². The van der Waals surface area contributed by atoms with Crippen LogP contribution in [0, 0.1) is 17.6 Å². The third kappa shape index (κ3) is 4.19. The minimum atomic E-state index is -1.13. The molecule has 0 aliphatic carbocycles. The van der Waals surface area contributed by atoms with E-state index in [1.165, 1.54) is 17.4 Å². The van der Waals surface area contributed by atoms with Crippen LogP contribution in [0.15, 0.2) is 17.5 Å². The van der Waals surface area contributed by atoms with Gasteiger partial charge in [0.25, 0.3) is 5.91 Å². The molecule has 2 aromatic rings. The van der Waals surface area contributed by atoms with Crippen molar-refractivity contribution in [3.63, 3.8) is 0 Å². The molecular weight excluding hydrogens is 402 g/mol. The van der Waals surface area contributed by atoms with Crippen LogP contribution in [0.5, 0.6) is 5.75 Å². The maximum Gasteiger partial charge on any atom is 0.260 e. The van der Waals surface area contributed by atoms with Crippen molar-refractivity contribution < 1.29 is 23.0 Å². The zero-order valence-electron chi connectivity index (χ0n) is 15.8. The van der Waals surface area contributed by atoms with Gasteiger partial charge >= 0.3 is 0 Å². The number of nitrogens with two attached hydrogens (primary N) is 1. The molecule has 4 rings (SSSR count). The van der Waals surface area contributed by atoms with Crippen molar-refractivity contribution in [1.29, 1.82) is 0 Å². The number of benzene rings is 1. The van der Waals surface area contributed by atoms with E-state index in [1.54, 1.807) is 10.3 Å². The normalized spacial score (nSPS) is 17.3. The lowest BCUT2D eigenvalue weighted by atomic mass is 10.0.